The van der Waals surface area contributed by atoms with Crippen LogP contribution >= 0.6 is 0 Å². The highest BCUT2D eigenvalue weighted by atomic mass is 16.5. The van der Waals surface area contributed by atoms with E-state index in [0.29, 0.717) is 29.8 Å². The van der Waals surface area contributed by atoms with Crippen LogP contribution in [0.1, 0.15) is 106 Å². The minimum Gasteiger partial charge on any atom is -0.494 e. The summed E-state index contributed by atoms with van der Waals surface area (Å²) >= 11 is 0. The first-order valence-corrected chi connectivity index (χ1v) is 15.1. The van der Waals surface area contributed by atoms with E-state index in [9.17, 15) is 9.59 Å². The zero-order valence-corrected chi connectivity index (χ0v) is 24.0. The average Bonchev–Trinajstić information content (AvgIpc) is 3.34. The van der Waals surface area contributed by atoms with Crippen molar-refractivity contribution in [1.82, 2.24) is 5.32 Å². The summed E-state index contributed by atoms with van der Waals surface area (Å²) in [7, 11) is 0. The molecule has 0 aromatic rings. The van der Waals surface area contributed by atoms with Gasteiger partial charge in [0.05, 0.1) is 5.76 Å². The van der Waals surface area contributed by atoms with Gasteiger partial charge in [0, 0.05) is 38.6 Å². The molecule has 1 aliphatic heterocycles. The van der Waals surface area contributed by atoms with Crippen molar-refractivity contribution in [3.8, 4) is 0 Å². The molecule has 0 aromatic heterocycles. The SMILES string of the molecule is CCC(=O)O[C@@H]1CC[C@@]2(C)C(=CC[C@H]3[C@H]4C[C@H]5OC(CC[C@@H](C)CNC(C)=O)=C(C)[C@@H]5[C@@]4(C)CC[C@H]32)C1. The lowest BCUT2D eigenvalue weighted by molar-refractivity contribution is -0.151. The van der Waals surface area contributed by atoms with Gasteiger partial charge in [-0.05, 0) is 91.9 Å². The average molecular weight is 512 g/mol. The van der Waals surface area contributed by atoms with E-state index < -0.39 is 0 Å². The molecule has 0 aromatic carbocycles. The van der Waals surface area contributed by atoms with Crippen LogP contribution in [0.3, 0.4) is 0 Å². The van der Waals surface area contributed by atoms with Crippen LogP contribution in [-0.2, 0) is 19.1 Å². The Morgan fingerprint density at radius 2 is 2.00 bits per heavy atom. The monoisotopic (exact) mass is 511 g/mol. The summed E-state index contributed by atoms with van der Waals surface area (Å²) in [4.78, 5) is 23.2. The Bertz CT molecular complexity index is 983. The van der Waals surface area contributed by atoms with Gasteiger partial charge in [0.25, 0.3) is 0 Å². The Balaban J connectivity index is 1.28. The fraction of sp³-hybridized carbons (Fsp3) is 0.812. The quantitative estimate of drug-likeness (QED) is 0.304. The van der Waals surface area contributed by atoms with Crippen LogP contribution in [0.5, 0.6) is 0 Å². The summed E-state index contributed by atoms with van der Waals surface area (Å²) in [5.74, 6) is 4.45. The molecular formula is C32H49NO4. The third kappa shape index (κ3) is 4.67. The molecular weight excluding hydrogens is 462 g/mol. The van der Waals surface area contributed by atoms with Crippen LogP contribution in [0.25, 0.3) is 0 Å². The highest BCUT2D eigenvalue weighted by molar-refractivity contribution is 5.72. The number of carbonyl (C=O) groups is 2. The van der Waals surface area contributed by atoms with E-state index in [1.807, 2.05) is 6.92 Å². The van der Waals surface area contributed by atoms with E-state index in [-0.39, 0.29) is 23.4 Å². The van der Waals surface area contributed by atoms with Crippen molar-refractivity contribution in [1.29, 1.82) is 0 Å². The summed E-state index contributed by atoms with van der Waals surface area (Å²) in [6, 6.07) is 0. The van der Waals surface area contributed by atoms with Crippen molar-refractivity contribution in [3.63, 3.8) is 0 Å². The number of fused-ring (bicyclic) bond motifs is 7. The molecule has 5 aliphatic rings. The number of ether oxygens (including phenoxy) is 2. The van der Waals surface area contributed by atoms with Crippen molar-refractivity contribution >= 4 is 11.9 Å². The Labute approximate surface area is 224 Å². The summed E-state index contributed by atoms with van der Waals surface area (Å²) in [5.41, 5.74) is 3.67. The van der Waals surface area contributed by atoms with Crippen LogP contribution in [0.2, 0.25) is 0 Å². The fourth-order valence-corrected chi connectivity index (χ4v) is 9.38. The maximum atomic E-state index is 11.9. The van der Waals surface area contributed by atoms with Crippen LogP contribution < -0.4 is 5.32 Å². The number of rotatable bonds is 7. The third-order valence-electron chi connectivity index (χ3n) is 11.4. The molecule has 3 fully saturated rings. The molecule has 0 radical (unpaired) electrons. The number of amides is 1. The van der Waals surface area contributed by atoms with Gasteiger partial charge in [-0.15, -0.1) is 0 Å². The molecule has 37 heavy (non-hydrogen) atoms. The number of allylic oxidation sites excluding steroid dienone is 2. The summed E-state index contributed by atoms with van der Waals surface area (Å²) in [5, 5.41) is 2.96. The number of hydrogen-bond acceptors (Lipinski definition) is 4. The van der Waals surface area contributed by atoms with Crippen molar-refractivity contribution in [2.75, 3.05) is 6.54 Å². The first kappa shape index (κ1) is 26.8. The molecule has 3 saturated carbocycles. The van der Waals surface area contributed by atoms with E-state index in [1.54, 1.807) is 12.5 Å². The lowest BCUT2D eigenvalue weighted by Gasteiger charge is -2.58. The smallest absolute Gasteiger partial charge is 0.305 e. The van der Waals surface area contributed by atoms with Crippen molar-refractivity contribution in [2.24, 2.45) is 40.4 Å². The fourth-order valence-electron chi connectivity index (χ4n) is 9.38. The van der Waals surface area contributed by atoms with E-state index in [4.69, 9.17) is 9.47 Å². The lowest BCUT2D eigenvalue weighted by atomic mass is 9.47. The Kier molecular flexibility index (Phi) is 7.30. The third-order valence-corrected chi connectivity index (χ3v) is 11.4. The second kappa shape index (κ2) is 10.1. The topological polar surface area (TPSA) is 64.6 Å². The highest BCUT2D eigenvalue weighted by Crippen LogP contribution is 2.69. The Morgan fingerprint density at radius 3 is 2.73 bits per heavy atom. The zero-order chi connectivity index (χ0) is 26.5. The molecule has 1 amide bonds. The molecule has 4 aliphatic carbocycles. The van der Waals surface area contributed by atoms with E-state index in [2.05, 4.69) is 39.1 Å². The van der Waals surface area contributed by atoms with Gasteiger partial charge in [-0.2, -0.15) is 0 Å². The van der Waals surface area contributed by atoms with Gasteiger partial charge < -0.3 is 14.8 Å². The van der Waals surface area contributed by atoms with Crippen molar-refractivity contribution in [2.45, 2.75) is 118 Å². The number of nitrogens with one attached hydrogen (secondary N) is 1. The molecule has 1 heterocycles. The van der Waals surface area contributed by atoms with E-state index >= 15 is 0 Å². The number of hydrogen-bond donors (Lipinski definition) is 1. The van der Waals surface area contributed by atoms with Crippen molar-refractivity contribution in [3.05, 3.63) is 23.0 Å². The van der Waals surface area contributed by atoms with Gasteiger partial charge in [0.2, 0.25) is 5.91 Å². The summed E-state index contributed by atoms with van der Waals surface area (Å²) < 4.78 is 12.5. The van der Waals surface area contributed by atoms with Gasteiger partial charge in [0.15, 0.2) is 0 Å². The van der Waals surface area contributed by atoms with Gasteiger partial charge in [-0.3, -0.25) is 9.59 Å². The van der Waals surface area contributed by atoms with Crippen LogP contribution in [0.15, 0.2) is 23.0 Å². The number of carbonyl (C=O) groups excluding carboxylic acids is 2. The summed E-state index contributed by atoms with van der Waals surface area (Å²) in [6.45, 7) is 13.9. The predicted molar refractivity (Wildman–Crippen MR) is 145 cm³/mol. The maximum absolute atomic E-state index is 11.9. The Morgan fingerprint density at radius 1 is 1.22 bits per heavy atom. The minimum absolute atomic E-state index is 0.0509. The molecule has 5 rings (SSSR count). The minimum atomic E-state index is -0.0567. The van der Waals surface area contributed by atoms with E-state index in [0.717, 1.165) is 56.4 Å². The lowest BCUT2D eigenvalue weighted by Crippen LogP contribution is -2.50. The summed E-state index contributed by atoms with van der Waals surface area (Å²) in [6.07, 6.45) is 13.5. The molecule has 0 spiro atoms. The van der Waals surface area contributed by atoms with Crippen molar-refractivity contribution < 1.29 is 19.1 Å². The molecule has 1 N–H and O–H groups in total. The second-order valence-electron chi connectivity index (χ2n) is 13.6. The van der Waals surface area contributed by atoms with Crippen LogP contribution in [0.4, 0.5) is 0 Å². The highest BCUT2D eigenvalue weighted by Gasteiger charge is 2.63. The molecule has 206 valence electrons. The van der Waals surface area contributed by atoms with Gasteiger partial charge in [0.1, 0.15) is 12.2 Å². The first-order chi connectivity index (χ1) is 17.6. The molecule has 0 bridgehead atoms. The number of esters is 1. The normalized spacial score (nSPS) is 41.0. The molecule has 0 saturated heterocycles. The predicted octanol–water partition coefficient (Wildman–Crippen LogP) is 6.72. The molecule has 5 heteroatoms. The van der Waals surface area contributed by atoms with Gasteiger partial charge >= 0.3 is 5.97 Å². The second-order valence-corrected chi connectivity index (χ2v) is 13.6. The van der Waals surface area contributed by atoms with Crippen LogP contribution in [0, 0.1) is 40.4 Å². The molecule has 9 atom stereocenters. The molecule has 5 nitrogen and oxygen atoms in total. The Hall–Kier alpha value is -1.78. The van der Waals surface area contributed by atoms with Gasteiger partial charge in [-0.1, -0.05) is 39.3 Å². The molecule has 0 unspecified atom stereocenters. The maximum Gasteiger partial charge on any atom is 0.305 e. The zero-order valence-electron chi connectivity index (χ0n) is 24.0. The van der Waals surface area contributed by atoms with Crippen LogP contribution in [-0.4, -0.2) is 30.6 Å². The largest absolute Gasteiger partial charge is 0.494 e. The van der Waals surface area contributed by atoms with Gasteiger partial charge in [-0.25, -0.2) is 0 Å². The standard InChI is InChI=1S/C32H49NO4/c1-7-29(35)36-23-12-14-31(5)22(16-23)9-10-24-25(31)13-15-32(6)26(24)17-28-30(32)20(3)27(37-28)11-8-19(2)18-33-21(4)34/h9,19,23-26,28,30H,7-8,10-18H2,1-6H3,(H,33,34)/t19-,23-,24-,25-,26-,28-,30+,31+,32+/m1/s1. The first-order valence-electron chi connectivity index (χ1n) is 15.1. The van der Waals surface area contributed by atoms with E-state index in [1.165, 1.54) is 37.0 Å².